The van der Waals surface area contributed by atoms with Crippen LogP contribution in [0.1, 0.15) is 17.2 Å². The highest BCUT2D eigenvalue weighted by Gasteiger charge is 2.16. The van der Waals surface area contributed by atoms with Gasteiger partial charge in [-0.3, -0.25) is 4.98 Å². The largest absolute Gasteiger partial charge is 0.486 e. The molecule has 3 rings (SSSR count). The summed E-state index contributed by atoms with van der Waals surface area (Å²) in [6, 6.07) is 9.12. The second-order valence-corrected chi connectivity index (χ2v) is 4.09. The number of benzene rings is 1. The van der Waals surface area contributed by atoms with Crippen molar-refractivity contribution in [3.8, 4) is 11.5 Å². The zero-order chi connectivity index (χ0) is 12.4. The molecule has 0 spiro atoms. The van der Waals surface area contributed by atoms with Gasteiger partial charge >= 0.3 is 0 Å². The number of hydrogen-bond acceptors (Lipinski definition) is 4. The third-order valence-corrected chi connectivity index (χ3v) is 2.88. The van der Waals surface area contributed by atoms with Gasteiger partial charge in [-0.2, -0.15) is 0 Å². The molecule has 0 aliphatic carbocycles. The quantitative estimate of drug-likeness (QED) is 0.875. The molecule has 0 radical (unpaired) electrons. The average molecular weight is 243 g/mol. The number of ether oxygens (including phenoxy) is 2. The maximum absolute atomic E-state index is 10.3. The molecule has 4 heteroatoms. The molecule has 0 amide bonds. The van der Waals surface area contributed by atoms with E-state index in [0.717, 1.165) is 16.9 Å². The van der Waals surface area contributed by atoms with E-state index in [1.165, 1.54) is 0 Å². The lowest BCUT2D eigenvalue weighted by molar-refractivity contribution is 0.169. The van der Waals surface area contributed by atoms with Crippen molar-refractivity contribution in [2.45, 2.75) is 6.10 Å². The van der Waals surface area contributed by atoms with E-state index in [-0.39, 0.29) is 0 Å². The molecule has 1 unspecified atom stereocenters. The SMILES string of the molecule is OC(c1cccnc1)c1ccc2c(c1)OCCO2. The molecule has 1 aliphatic heterocycles. The van der Waals surface area contributed by atoms with Crippen LogP contribution >= 0.6 is 0 Å². The van der Waals surface area contributed by atoms with Crippen LogP contribution in [0.25, 0.3) is 0 Å². The van der Waals surface area contributed by atoms with Gasteiger partial charge in [0.05, 0.1) is 0 Å². The number of nitrogens with zero attached hydrogens (tertiary/aromatic N) is 1. The highest BCUT2D eigenvalue weighted by atomic mass is 16.6. The summed E-state index contributed by atoms with van der Waals surface area (Å²) < 4.78 is 10.9. The first kappa shape index (κ1) is 11.0. The molecule has 4 nitrogen and oxygen atoms in total. The zero-order valence-electron chi connectivity index (χ0n) is 9.74. The van der Waals surface area contributed by atoms with E-state index in [2.05, 4.69) is 4.98 Å². The highest BCUT2D eigenvalue weighted by molar-refractivity contribution is 5.45. The maximum atomic E-state index is 10.3. The fourth-order valence-electron chi connectivity index (χ4n) is 1.96. The summed E-state index contributed by atoms with van der Waals surface area (Å²) in [5, 5.41) is 10.3. The van der Waals surface area contributed by atoms with Crippen molar-refractivity contribution in [3.05, 3.63) is 53.9 Å². The molecular formula is C14H13NO3. The summed E-state index contributed by atoms with van der Waals surface area (Å²) >= 11 is 0. The van der Waals surface area contributed by atoms with Crippen molar-refractivity contribution in [2.24, 2.45) is 0 Å². The second-order valence-electron chi connectivity index (χ2n) is 4.09. The number of aliphatic hydroxyl groups excluding tert-OH is 1. The second kappa shape index (κ2) is 4.66. The first-order chi connectivity index (χ1) is 8.84. The molecule has 1 aromatic heterocycles. The number of rotatable bonds is 2. The molecule has 0 saturated heterocycles. The molecule has 18 heavy (non-hydrogen) atoms. The van der Waals surface area contributed by atoms with Crippen molar-refractivity contribution < 1.29 is 14.6 Å². The van der Waals surface area contributed by atoms with Gasteiger partial charge < -0.3 is 14.6 Å². The van der Waals surface area contributed by atoms with E-state index in [9.17, 15) is 5.11 Å². The Morgan fingerprint density at radius 2 is 1.89 bits per heavy atom. The molecule has 0 saturated carbocycles. The van der Waals surface area contributed by atoms with Gasteiger partial charge in [-0.05, 0) is 23.8 Å². The maximum Gasteiger partial charge on any atom is 0.161 e. The predicted molar refractivity (Wildman–Crippen MR) is 65.7 cm³/mol. The fourth-order valence-corrected chi connectivity index (χ4v) is 1.96. The topological polar surface area (TPSA) is 51.6 Å². The van der Waals surface area contributed by atoms with Crippen molar-refractivity contribution in [1.29, 1.82) is 0 Å². The standard InChI is InChI=1S/C14H13NO3/c16-14(11-2-1-5-15-9-11)10-3-4-12-13(8-10)18-7-6-17-12/h1-5,8-9,14,16H,6-7H2. The summed E-state index contributed by atoms with van der Waals surface area (Å²) in [6.45, 7) is 1.11. The van der Waals surface area contributed by atoms with E-state index in [4.69, 9.17) is 9.47 Å². The van der Waals surface area contributed by atoms with Crippen LogP contribution in [0.5, 0.6) is 11.5 Å². The smallest absolute Gasteiger partial charge is 0.161 e. The minimum absolute atomic E-state index is 0.541. The fraction of sp³-hybridized carbons (Fsp3) is 0.214. The summed E-state index contributed by atoms with van der Waals surface area (Å²) in [7, 11) is 0. The molecule has 1 atom stereocenters. The summed E-state index contributed by atoms with van der Waals surface area (Å²) in [6.07, 6.45) is 2.64. The Kier molecular flexibility index (Phi) is 2.86. The Morgan fingerprint density at radius 1 is 1.06 bits per heavy atom. The van der Waals surface area contributed by atoms with Gasteiger partial charge in [-0.1, -0.05) is 12.1 Å². The molecule has 1 aromatic carbocycles. The first-order valence-electron chi connectivity index (χ1n) is 5.82. The Balaban J connectivity index is 1.93. The number of hydrogen-bond donors (Lipinski definition) is 1. The molecule has 2 aromatic rings. The van der Waals surface area contributed by atoms with Gasteiger partial charge in [0.1, 0.15) is 19.3 Å². The molecule has 2 heterocycles. The van der Waals surface area contributed by atoms with Crippen molar-refractivity contribution in [3.63, 3.8) is 0 Å². The Bertz CT molecular complexity index is 542. The van der Waals surface area contributed by atoms with Gasteiger partial charge in [0.2, 0.25) is 0 Å². The van der Waals surface area contributed by atoms with Crippen LogP contribution in [0, 0.1) is 0 Å². The van der Waals surface area contributed by atoms with E-state index in [1.54, 1.807) is 18.5 Å². The first-order valence-corrected chi connectivity index (χ1v) is 5.82. The lowest BCUT2D eigenvalue weighted by Gasteiger charge is -2.20. The van der Waals surface area contributed by atoms with E-state index in [0.29, 0.717) is 19.0 Å². The number of pyridine rings is 1. The van der Waals surface area contributed by atoms with Crippen LogP contribution in [0.2, 0.25) is 0 Å². The van der Waals surface area contributed by atoms with Crippen LogP contribution in [0.3, 0.4) is 0 Å². The van der Waals surface area contributed by atoms with Gasteiger partial charge in [0.25, 0.3) is 0 Å². The molecular weight excluding hydrogens is 230 g/mol. The molecule has 1 aliphatic rings. The highest BCUT2D eigenvalue weighted by Crippen LogP contribution is 2.34. The third kappa shape index (κ3) is 2.02. The Hall–Kier alpha value is -2.07. The van der Waals surface area contributed by atoms with Gasteiger partial charge in [-0.25, -0.2) is 0 Å². The van der Waals surface area contributed by atoms with Crippen LogP contribution < -0.4 is 9.47 Å². The van der Waals surface area contributed by atoms with E-state index < -0.39 is 6.10 Å². The van der Waals surface area contributed by atoms with E-state index in [1.807, 2.05) is 24.3 Å². The van der Waals surface area contributed by atoms with Crippen LogP contribution in [-0.4, -0.2) is 23.3 Å². The van der Waals surface area contributed by atoms with Gasteiger partial charge in [0.15, 0.2) is 11.5 Å². The number of aliphatic hydroxyl groups is 1. The van der Waals surface area contributed by atoms with Gasteiger partial charge in [0, 0.05) is 18.0 Å². The molecule has 92 valence electrons. The molecule has 0 fully saturated rings. The summed E-state index contributed by atoms with van der Waals surface area (Å²) in [4.78, 5) is 4.00. The van der Waals surface area contributed by atoms with Crippen molar-refractivity contribution >= 4 is 0 Å². The summed E-state index contributed by atoms with van der Waals surface area (Å²) in [5.74, 6) is 1.41. The van der Waals surface area contributed by atoms with Crippen molar-refractivity contribution in [1.82, 2.24) is 4.98 Å². The van der Waals surface area contributed by atoms with E-state index >= 15 is 0 Å². The Morgan fingerprint density at radius 3 is 2.67 bits per heavy atom. The number of fused-ring (bicyclic) bond motifs is 1. The van der Waals surface area contributed by atoms with Crippen LogP contribution in [0.15, 0.2) is 42.7 Å². The molecule has 1 N–H and O–H groups in total. The monoisotopic (exact) mass is 243 g/mol. The minimum atomic E-state index is -0.700. The van der Waals surface area contributed by atoms with Gasteiger partial charge in [-0.15, -0.1) is 0 Å². The van der Waals surface area contributed by atoms with Crippen LogP contribution in [-0.2, 0) is 0 Å². The lowest BCUT2D eigenvalue weighted by atomic mass is 10.0. The van der Waals surface area contributed by atoms with Crippen LogP contribution in [0.4, 0.5) is 0 Å². The van der Waals surface area contributed by atoms with Crippen molar-refractivity contribution in [2.75, 3.05) is 13.2 Å². The Labute approximate surface area is 105 Å². The molecule has 0 bridgehead atoms. The third-order valence-electron chi connectivity index (χ3n) is 2.88. The number of aromatic nitrogens is 1. The zero-order valence-corrected chi connectivity index (χ0v) is 9.74. The predicted octanol–water partition coefficient (Wildman–Crippen LogP) is 1.93. The normalized spacial score (nSPS) is 15.2. The minimum Gasteiger partial charge on any atom is -0.486 e. The summed E-state index contributed by atoms with van der Waals surface area (Å²) in [5.41, 5.74) is 1.53. The lowest BCUT2D eigenvalue weighted by Crippen LogP contribution is -2.15. The average Bonchev–Trinajstić information content (AvgIpc) is 2.47.